The number of nitrogens with zero attached hydrogens (tertiary/aromatic N) is 2. The van der Waals surface area contributed by atoms with Crippen LogP contribution in [0.4, 0.5) is 0 Å². The Balaban J connectivity index is 1.71. The van der Waals surface area contributed by atoms with Gasteiger partial charge in [-0.3, -0.25) is 4.79 Å². The molecule has 0 bridgehead atoms. The lowest BCUT2D eigenvalue weighted by molar-refractivity contribution is 0.0923. The molecule has 1 fully saturated rings. The van der Waals surface area contributed by atoms with Gasteiger partial charge in [-0.15, -0.1) is 0 Å². The number of nitrogens with one attached hydrogen (secondary N) is 1. The fourth-order valence-electron chi connectivity index (χ4n) is 3.39. The fraction of sp³-hybridized carbons (Fsp3) is 0.600. The number of aryl methyl sites for hydroxylation is 1. The average molecular weight is 393 g/mol. The number of ether oxygens (including phenoxy) is 1. The predicted octanol–water partition coefficient (Wildman–Crippen LogP) is 1.68. The standard InChI is InChI=1S/C20H32N4O4/c1-14-12-17(5-6-18(14)19(26)22-13-15(2)25)28-11-3-4-16-7-9-24(10-8-16)20(21)23-27/h5-6,12,15-16,25,27H,3-4,7-11,13H2,1-2H3,(H2,21,23)(H,22,26)/t15-/m1/s1. The van der Waals surface area contributed by atoms with Gasteiger partial charge in [-0.1, -0.05) is 5.16 Å². The van der Waals surface area contributed by atoms with Gasteiger partial charge in [0, 0.05) is 25.2 Å². The molecular weight excluding hydrogens is 360 g/mol. The summed E-state index contributed by atoms with van der Waals surface area (Å²) in [4.78, 5) is 14.0. The third-order valence-corrected chi connectivity index (χ3v) is 5.07. The molecule has 0 radical (unpaired) electrons. The number of oxime groups is 1. The van der Waals surface area contributed by atoms with Crippen LogP contribution in [0.15, 0.2) is 23.4 Å². The highest BCUT2D eigenvalue weighted by molar-refractivity contribution is 5.95. The highest BCUT2D eigenvalue weighted by Crippen LogP contribution is 2.22. The molecule has 0 aliphatic carbocycles. The van der Waals surface area contributed by atoms with Crippen LogP contribution in [0.1, 0.15) is 48.5 Å². The van der Waals surface area contributed by atoms with Gasteiger partial charge in [0.2, 0.25) is 5.96 Å². The summed E-state index contributed by atoms with van der Waals surface area (Å²) in [5.41, 5.74) is 7.05. The maximum Gasteiger partial charge on any atom is 0.251 e. The molecule has 1 atom stereocenters. The second-order valence-electron chi connectivity index (χ2n) is 7.42. The zero-order valence-electron chi connectivity index (χ0n) is 16.7. The van der Waals surface area contributed by atoms with E-state index in [2.05, 4.69) is 10.5 Å². The number of likely N-dealkylation sites (tertiary alicyclic amines) is 1. The van der Waals surface area contributed by atoms with Gasteiger partial charge >= 0.3 is 0 Å². The van der Waals surface area contributed by atoms with Crippen molar-refractivity contribution in [2.45, 2.75) is 45.6 Å². The topological polar surface area (TPSA) is 120 Å². The summed E-state index contributed by atoms with van der Waals surface area (Å²) in [5, 5.41) is 23.7. The van der Waals surface area contributed by atoms with E-state index < -0.39 is 6.10 Å². The third-order valence-electron chi connectivity index (χ3n) is 5.07. The summed E-state index contributed by atoms with van der Waals surface area (Å²) in [7, 11) is 0. The Morgan fingerprint density at radius 1 is 1.43 bits per heavy atom. The van der Waals surface area contributed by atoms with Gasteiger partial charge in [0.1, 0.15) is 5.75 Å². The van der Waals surface area contributed by atoms with Crippen molar-refractivity contribution in [2.75, 3.05) is 26.2 Å². The second-order valence-corrected chi connectivity index (χ2v) is 7.42. The molecule has 1 heterocycles. The Kier molecular flexibility index (Phi) is 8.38. The summed E-state index contributed by atoms with van der Waals surface area (Å²) in [6.45, 7) is 6.01. The van der Waals surface area contributed by atoms with Crippen LogP contribution in [0.25, 0.3) is 0 Å². The van der Waals surface area contributed by atoms with Gasteiger partial charge in [-0.25, -0.2) is 0 Å². The summed E-state index contributed by atoms with van der Waals surface area (Å²) in [5.74, 6) is 1.39. The molecule has 0 spiro atoms. The molecule has 1 amide bonds. The first-order valence-corrected chi connectivity index (χ1v) is 9.83. The minimum Gasteiger partial charge on any atom is -0.494 e. The predicted molar refractivity (Wildman–Crippen MR) is 108 cm³/mol. The van der Waals surface area contributed by atoms with Crippen molar-refractivity contribution in [2.24, 2.45) is 16.8 Å². The molecule has 0 aromatic heterocycles. The number of carbonyl (C=O) groups excluding carboxylic acids is 1. The zero-order chi connectivity index (χ0) is 20.5. The van der Waals surface area contributed by atoms with Crippen molar-refractivity contribution in [3.8, 4) is 5.75 Å². The molecule has 0 saturated carbocycles. The van der Waals surface area contributed by atoms with Crippen LogP contribution >= 0.6 is 0 Å². The molecule has 1 aliphatic heterocycles. The Morgan fingerprint density at radius 3 is 2.75 bits per heavy atom. The van der Waals surface area contributed by atoms with Gasteiger partial charge in [0.05, 0.1) is 12.7 Å². The number of aliphatic hydroxyl groups excluding tert-OH is 1. The molecule has 156 valence electrons. The minimum atomic E-state index is -0.570. The first-order chi connectivity index (χ1) is 13.4. The maximum atomic E-state index is 12.1. The Bertz CT molecular complexity index is 670. The molecule has 1 aromatic carbocycles. The molecule has 1 saturated heterocycles. The van der Waals surface area contributed by atoms with Gasteiger partial charge in [-0.05, 0) is 69.2 Å². The number of benzene rings is 1. The number of carbonyl (C=O) groups is 1. The molecule has 1 aliphatic rings. The van der Waals surface area contributed by atoms with Crippen molar-refractivity contribution < 1.29 is 19.8 Å². The molecular formula is C20H32N4O4. The number of hydrogen-bond acceptors (Lipinski definition) is 5. The molecule has 5 N–H and O–H groups in total. The molecule has 8 heteroatoms. The Labute approximate surface area is 166 Å². The van der Waals surface area contributed by atoms with Crippen molar-refractivity contribution in [1.82, 2.24) is 10.2 Å². The van der Waals surface area contributed by atoms with E-state index in [4.69, 9.17) is 15.7 Å². The van der Waals surface area contributed by atoms with Crippen molar-refractivity contribution >= 4 is 11.9 Å². The van der Waals surface area contributed by atoms with Gasteiger partial charge in [-0.2, -0.15) is 0 Å². The summed E-state index contributed by atoms with van der Waals surface area (Å²) >= 11 is 0. The smallest absolute Gasteiger partial charge is 0.251 e. The summed E-state index contributed by atoms with van der Waals surface area (Å²) < 4.78 is 5.83. The lowest BCUT2D eigenvalue weighted by atomic mass is 9.92. The van der Waals surface area contributed by atoms with Gasteiger partial charge < -0.3 is 31.0 Å². The number of guanidine groups is 1. The van der Waals surface area contributed by atoms with E-state index in [1.165, 1.54) is 0 Å². The van der Waals surface area contributed by atoms with Crippen LogP contribution in [-0.2, 0) is 0 Å². The first-order valence-electron chi connectivity index (χ1n) is 9.83. The Morgan fingerprint density at radius 2 is 2.14 bits per heavy atom. The number of rotatable bonds is 8. The summed E-state index contributed by atoms with van der Waals surface area (Å²) in [6, 6.07) is 5.43. The maximum absolute atomic E-state index is 12.1. The monoisotopic (exact) mass is 392 g/mol. The van der Waals surface area contributed by atoms with Gasteiger partial charge in [0.15, 0.2) is 0 Å². The minimum absolute atomic E-state index is 0.192. The van der Waals surface area contributed by atoms with E-state index in [0.29, 0.717) is 18.1 Å². The van der Waals surface area contributed by atoms with Crippen LogP contribution in [0.5, 0.6) is 5.75 Å². The molecule has 0 unspecified atom stereocenters. The highest BCUT2D eigenvalue weighted by Gasteiger charge is 2.20. The number of aliphatic hydroxyl groups is 1. The van der Waals surface area contributed by atoms with Crippen molar-refractivity contribution in [1.29, 1.82) is 0 Å². The van der Waals surface area contributed by atoms with Crippen molar-refractivity contribution in [3.63, 3.8) is 0 Å². The van der Waals surface area contributed by atoms with E-state index in [-0.39, 0.29) is 18.4 Å². The average Bonchev–Trinajstić information content (AvgIpc) is 2.69. The van der Waals surface area contributed by atoms with Crippen LogP contribution in [-0.4, -0.2) is 59.4 Å². The normalized spacial score (nSPS) is 16.7. The number of piperidine rings is 1. The Hall–Kier alpha value is -2.48. The lowest BCUT2D eigenvalue weighted by Gasteiger charge is -2.32. The van der Waals surface area contributed by atoms with E-state index in [0.717, 1.165) is 50.1 Å². The molecule has 8 nitrogen and oxygen atoms in total. The van der Waals surface area contributed by atoms with Crippen molar-refractivity contribution in [3.05, 3.63) is 29.3 Å². The van der Waals surface area contributed by atoms with Crippen LogP contribution in [0.2, 0.25) is 0 Å². The number of amides is 1. The largest absolute Gasteiger partial charge is 0.494 e. The number of hydrogen-bond donors (Lipinski definition) is 4. The zero-order valence-corrected chi connectivity index (χ0v) is 16.7. The third kappa shape index (κ3) is 6.60. The van der Waals surface area contributed by atoms with Gasteiger partial charge in [0.25, 0.3) is 5.91 Å². The molecule has 2 rings (SSSR count). The SMILES string of the molecule is Cc1cc(OCCCC2CCN(C(N)=NO)CC2)ccc1C(=O)NC[C@@H](C)O. The van der Waals surface area contributed by atoms with E-state index >= 15 is 0 Å². The molecule has 28 heavy (non-hydrogen) atoms. The van der Waals surface area contributed by atoms with E-state index in [1.807, 2.05) is 17.9 Å². The van der Waals surface area contributed by atoms with E-state index in [1.54, 1.807) is 19.1 Å². The lowest BCUT2D eigenvalue weighted by Crippen LogP contribution is -2.42. The summed E-state index contributed by atoms with van der Waals surface area (Å²) in [6.07, 6.45) is 3.54. The highest BCUT2D eigenvalue weighted by atomic mass is 16.5. The molecule has 1 aromatic rings. The second kappa shape index (κ2) is 10.8. The fourth-order valence-corrected chi connectivity index (χ4v) is 3.39. The van der Waals surface area contributed by atoms with Crippen LogP contribution in [0, 0.1) is 12.8 Å². The van der Waals surface area contributed by atoms with Crippen LogP contribution < -0.4 is 15.8 Å². The quantitative estimate of drug-likeness (QED) is 0.176. The number of nitrogens with two attached hydrogens (primary N) is 1. The van der Waals surface area contributed by atoms with E-state index in [9.17, 15) is 9.90 Å². The van der Waals surface area contributed by atoms with Crippen LogP contribution in [0.3, 0.4) is 0 Å². The first kappa shape index (κ1) is 21.8.